The van der Waals surface area contributed by atoms with Gasteiger partial charge in [0.2, 0.25) is 0 Å². The highest BCUT2D eigenvalue weighted by molar-refractivity contribution is 6.42. The molecule has 1 heterocycles. The molecule has 0 saturated carbocycles. The average molecular weight is 390 g/mol. The number of benzene rings is 2. The molecule has 0 radical (unpaired) electrons. The molecule has 2 aromatic rings. The molecule has 0 saturated heterocycles. The first-order chi connectivity index (χ1) is 12.4. The zero-order valence-electron chi connectivity index (χ0n) is 14.6. The van der Waals surface area contributed by atoms with Gasteiger partial charge in [-0.15, -0.1) is 6.58 Å². The predicted molar refractivity (Wildman–Crippen MR) is 106 cm³/mol. The van der Waals surface area contributed by atoms with Crippen molar-refractivity contribution in [3.63, 3.8) is 0 Å². The van der Waals surface area contributed by atoms with E-state index in [4.69, 9.17) is 23.2 Å². The molecule has 1 aliphatic heterocycles. The van der Waals surface area contributed by atoms with Gasteiger partial charge in [0.05, 0.1) is 10.0 Å². The van der Waals surface area contributed by atoms with Crippen LogP contribution in [0.5, 0.6) is 0 Å². The zero-order valence-corrected chi connectivity index (χ0v) is 16.1. The van der Waals surface area contributed by atoms with Gasteiger partial charge in [-0.3, -0.25) is 4.79 Å². The van der Waals surface area contributed by atoms with E-state index < -0.39 is 11.6 Å². The van der Waals surface area contributed by atoms with Crippen LogP contribution in [0.25, 0.3) is 0 Å². The number of carbonyl (C=O) groups excluding carboxylic acids is 1. The third-order valence-corrected chi connectivity index (χ3v) is 5.63. The van der Waals surface area contributed by atoms with Crippen LogP contribution in [-0.4, -0.2) is 22.5 Å². The minimum absolute atomic E-state index is 0.154. The van der Waals surface area contributed by atoms with Crippen LogP contribution in [0.2, 0.25) is 10.0 Å². The van der Waals surface area contributed by atoms with Crippen LogP contribution in [0.3, 0.4) is 0 Å². The summed E-state index contributed by atoms with van der Waals surface area (Å²) >= 11 is 12.3. The van der Waals surface area contributed by atoms with E-state index in [9.17, 15) is 9.90 Å². The predicted octanol–water partition coefficient (Wildman–Crippen LogP) is 5.36. The fourth-order valence-corrected chi connectivity index (χ4v) is 4.04. The summed E-state index contributed by atoms with van der Waals surface area (Å²) < 4.78 is 0. The Balaban J connectivity index is 2.20. The summed E-state index contributed by atoms with van der Waals surface area (Å²) in [6.45, 7) is 6.28. The third-order valence-electron chi connectivity index (χ3n) is 4.89. The van der Waals surface area contributed by atoms with Crippen molar-refractivity contribution in [2.45, 2.75) is 31.4 Å². The Morgan fingerprint density at radius 2 is 1.96 bits per heavy atom. The summed E-state index contributed by atoms with van der Waals surface area (Å²) in [4.78, 5) is 14.5. The standard InChI is InChI=1S/C21H21Cl2NO2/c1-3-7-16(14-10-11-18(22)19(23)13-14)21(26)17-9-6-5-8-15(17)20(25)24(21)12-4-2/h3,5-6,8-11,13,16,26H,1,4,7,12H2,2H3. The van der Waals surface area contributed by atoms with Gasteiger partial charge in [0.1, 0.15) is 0 Å². The Kier molecular flexibility index (Phi) is 5.42. The monoisotopic (exact) mass is 389 g/mol. The van der Waals surface area contributed by atoms with Gasteiger partial charge in [-0.05, 0) is 36.6 Å². The topological polar surface area (TPSA) is 40.5 Å². The second-order valence-corrected chi connectivity index (χ2v) is 7.29. The lowest BCUT2D eigenvalue weighted by Crippen LogP contribution is -2.48. The number of allylic oxidation sites excluding steroid dienone is 1. The second kappa shape index (κ2) is 7.43. The summed E-state index contributed by atoms with van der Waals surface area (Å²) in [5.74, 6) is -0.562. The molecule has 26 heavy (non-hydrogen) atoms. The summed E-state index contributed by atoms with van der Waals surface area (Å²) in [6.07, 6.45) is 2.97. The van der Waals surface area contributed by atoms with Crippen LogP contribution in [0.1, 0.15) is 47.2 Å². The Labute approximate surface area is 163 Å². The number of rotatable bonds is 6. The first-order valence-electron chi connectivity index (χ1n) is 8.64. The minimum atomic E-state index is -1.46. The molecule has 0 bridgehead atoms. The van der Waals surface area contributed by atoms with Crippen LogP contribution in [0.4, 0.5) is 0 Å². The molecule has 2 atom stereocenters. The molecule has 0 fully saturated rings. The lowest BCUT2D eigenvalue weighted by Gasteiger charge is -2.41. The molecular weight excluding hydrogens is 369 g/mol. The summed E-state index contributed by atoms with van der Waals surface area (Å²) in [6, 6.07) is 12.5. The molecule has 0 spiro atoms. The molecule has 1 aliphatic rings. The quantitative estimate of drug-likeness (QED) is 0.675. The fourth-order valence-electron chi connectivity index (χ4n) is 3.74. The van der Waals surface area contributed by atoms with E-state index in [1.54, 1.807) is 29.2 Å². The Morgan fingerprint density at radius 1 is 1.23 bits per heavy atom. The van der Waals surface area contributed by atoms with Gasteiger partial charge in [0.25, 0.3) is 5.91 Å². The van der Waals surface area contributed by atoms with Gasteiger partial charge < -0.3 is 10.0 Å². The fraction of sp³-hybridized carbons (Fsp3) is 0.286. The molecule has 0 aliphatic carbocycles. The highest BCUT2D eigenvalue weighted by atomic mass is 35.5. The van der Waals surface area contributed by atoms with Crippen LogP contribution in [0, 0.1) is 0 Å². The van der Waals surface area contributed by atoms with Crippen molar-refractivity contribution < 1.29 is 9.90 Å². The van der Waals surface area contributed by atoms with Crippen LogP contribution in [0.15, 0.2) is 55.1 Å². The normalized spacial score (nSPS) is 20.2. The van der Waals surface area contributed by atoms with Gasteiger partial charge in [-0.2, -0.15) is 0 Å². The van der Waals surface area contributed by atoms with Crippen molar-refractivity contribution in [3.05, 3.63) is 81.9 Å². The van der Waals surface area contributed by atoms with Gasteiger partial charge >= 0.3 is 0 Å². The molecule has 2 unspecified atom stereocenters. The molecule has 136 valence electrons. The number of hydrogen-bond acceptors (Lipinski definition) is 2. The molecular formula is C21H21Cl2NO2. The van der Waals surface area contributed by atoms with Crippen molar-refractivity contribution in [1.82, 2.24) is 4.90 Å². The Hall–Kier alpha value is -1.81. The van der Waals surface area contributed by atoms with Crippen LogP contribution >= 0.6 is 23.2 Å². The third kappa shape index (κ3) is 2.94. The van der Waals surface area contributed by atoms with Crippen LogP contribution in [-0.2, 0) is 5.72 Å². The maximum absolute atomic E-state index is 13.0. The summed E-state index contributed by atoms with van der Waals surface area (Å²) in [7, 11) is 0. The van der Waals surface area contributed by atoms with E-state index in [1.807, 2.05) is 31.2 Å². The number of aliphatic hydroxyl groups is 1. The minimum Gasteiger partial charge on any atom is -0.366 e. The summed E-state index contributed by atoms with van der Waals surface area (Å²) in [5, 5.41) is 12.8. The van der Waals surface area contributed by atoms with E-state index in [1.165, 1.54) is 0 Å². The first kappa shape index (κ1) is 19.0. The van der Waals surface area contributed by atoms with E-state index >= 15 is 0 Å². The highest BCUT2D eigenvalue weighted by Gasteiger charge is 2.52. The van der Waals surface area contributed by atoms with E-state index in [-0.39, 0.29) is 5.91 Å². The van der Waals surface area contributed by atoms with Crippen LogP contribution < -0.4 is 0 Å². The number of amides is 1. The second-order valence-electron chi connectivity index (χ2n) is 6.48. The maximum atomic E-state index is 13.0. The number of hydrogen-bond donors (Lipinski definition) is 1. The summed E-state index contributed by atoms with van der Waals surface area (Å²) in [5.41, 5.74) is 0.510. The molecule has 3 nitrogen and oxygen atoms in total. The highest BCUT2D eigenvalue weighted by Crippen LogP contribution is 2.48. The van der Waals surface area contributed by atoms with E-state index in [2.05, 4.69) is 6.58 Å². The van der Waals surface area contributed by atoms with Crippen molar-refractivity contribution in [3.8, 4) is 0 Å². The molecule has 1 N–H and O–H groups in total. The van der Waals surface area contributed by atoms with Gasteiger partial charge in [-0.1, -0.05) is 60.5 Å². The van der Waals surface area contributed by atoms with Gasteiger partial charge in [0.15, 0.2) is 5.72 Å². The van der Waals surface area contributed by atoms with E-state index in [0.29, 0.717) is 34.1 Å². The van der Waals surface area contributed by atoms with E-state index in [0.717, 1.165) is 12.0 Å². The molecule has 2 aromatic carbocycles. The van der Waals surface area contributed by atoms with Crippen molar-refractivity contribution >= 4 is 29.1 Å². The smallest absolute Gasteiger partial charge is 0.256 e. The molecule has 5 heteroatoms. The SMILES string of the molecule is C=CCC(c1ccc(Cl)c(Cl)c1)C1(O)c2ccccc2C(=O)N1CCC. The average Bonchev–Trinajstić information content (AvgIpc) is 2.85. The van der Waals surface area contributed by atoms with Crippen molar-refractivity contribution in [1.29, 1.82) is 0 Å². The number of halogens is 2. The lowest BCUT2D eigenvalue weighted by molar-refractivity contribution is -0.105. The number of fused-ring (bicyclic) bond motifs is 1. The molecule has 3 rings (SSSR count). The van der Waals surface area contributed by atoms with Gasteiger partial charge in [0, 0.05) is 23.6 Å². The Bertz CT molecular complexity index is 852. The maximum Gasteiger partial charge on any atom is 0.256 e. The zero-order chi connectivity index (χ0) is 18.9. The first-order valence-corrected chi connectivity index (χ1v) is 9.40. The lowest BCUT2D eigenvalue weighted by atomic mass is 9.81. The number of carbonyl (C=O) groups is 1. The van der Waals surface area contributed by atoms with Gasteiger partial charge in [-0.25, -0.2) is 0 Å². The van der Waals surface area contributed by atoms with Crippen molar-refractivity contribution in [2.75, 3.05) is 6.54 Å². The Morgan fingerprint density at radius 3 is 2.62 bits per heavy atom. The molecule has 0 aromatic heterocycles. The molecule has 1 amide bonds. The largest absolute Gasteiger partial charge is 0.366 e. The number of nitrogens with zero attached hydrogens (tertiary/aromatic N) is 1. The van der Waals surface area contributed by atoms with Crippen molar-refractivity contribution in [2.24, 2.45) is 0 Å².